The van der Waals surface area contributed by atoms with E-state index < -0.39 is 0 Å². The third-order valence-electron chi connectivity index (χ3n) is 1.85. The van der Waals surface area contributed by atoms with Gasteiger partial charge in [-0.3, -0.25) is 0 Å². The van der Waals surface area contributed by atoms with Crippen LogP contribution in [0.1, 0.15) is 13.8 Å². The van der Waals surface area contributed by atoms with Gasteiger partial charge in [0.25, 0.3) is 0 Å². The molecule has 0 spiro atoms. The second-order valence-corrected chi connectivity index (χ2v) is 3.54. The number of rotatable bonds is 2. The van der Waals surface area contributed by atoms with E-state index in [4.69, 9.17) is 11.6 Å². The molecule has 0 bridgehead atoms. The normalized spacial score (nSPS) is 9.54. The second kappa shape index (κ2) is 4.33. The van der Waals surface area contributed by atoms with Gasteiger partial charge >= 0.3 is 0 Å². The Morgan fingerprint density at radius 1 is 1.15 bits per heavy atom. The number of anilines is 1. The first-order valence-corrected chi connectivity index (χ1v) is 4.62. The third kappa shape index (κ3) is 2.49. The number of hydrogen-bond donors (Lipinski definition) is 0. The van der Waals surface area contributed by atoms with Gasteiger partial charge in [0.1, 0.15) is 5.16 Å². The van der Waals surface area contributed by atoms with Gasteiger partial charge in [0.2, 0.25) is 0 Å². The summed E-state index contributed by atoms with van der Waals surface area (Å²) in [5.41, 5.74) is 2.22. The molecule has 1 nitrogen and oxygen atoms in total. The highest BCUT2D eigenvalue weighted by Crippen LogP contribution is 2.21. The van der Waals surface area contributed by atoms with Crippen LogP contribution < -0.4 is 4.90 Å². The van der Waals surface area contributed by atoms with Crippen molar-refractivity contribution in [1.29, 1.82) is 0 Å². The molecule has 2 heteroatoms. The molecule has 0 radical (unpaired) electrons. The van der Waals surface area contributed by atoms with Crippen molar-refractivity contribution >= 4 is 17.3 Å². The first-order chi connectivity index (χ1) is 6.13. The second-order valence-electron chi connectivity index (χ2n) is 3.19. The Hall–Kier alpha value is -0.950. The monoisotopic (exact) mass is 195 g/mol. The van der Waals surface area contributed by atoms with Crippen molar-refractivity contribution in [2.24, 2.45) is 0 Å². The quantitative estimate of drug-likeness (QED) is 0.652. The maximum absolute atomic E-state index is 6.11. The molecule has 0 saturated heterocycles. The van der Waals surface area contributed by atoms with Gasteiger partial charge in [-0.25, -0.2) is 0 Å². The van der Waals surface area contributed by atoms with E-state index in [0.29, 0.717) is 0 Å². The maximum Gasteiger partial charge on any atom is 0.107 e. The van der Waals surface area contributed by atoms with Crippen LogP contribution in [0.4, 0.5) is 5.69 Å². The van der Waals surface area contributed by atoms with Crippen LogP contribution in [0.3, 0.4) is 0 Å². The fourth-order valence-electron chi connectivity index (χ4n) is 1.10. The Balaban J connectivity index is 2.93. The Bertz CT molecular complexity index is 299. The Morgan fingerprint density at radius 2 is 1.69 bits per heavy atom. The molecule has 0 atom stereocenters. The minimum Gasteiger partial charge on any atom is -0.335 e. The first kappa shape index (κ1) is 10.1. The van der Waals surface area contributed by atoms with Crippen molar-refractivity contribution in [3.8, 4) is 0 Å². The van der Waals surface area contributed by atoms with E-state index in [-0.39, 0.29) is 0 Å². The first-order valence-electron chi connectivity index (χ1n) is 4.24. The van der Waals surface area contributed by atoms with Crippen molar-refractivity contribution in [2.45, 2.75) is 13.8 Å². The molecule has 0 unspecified atom stereocenters. The predicted molar refractivity (Wildman–Crippen MR) is 59.1 cm³/mol. The van der Waals surface area contributed by atoms with Crippen molar-refractivity contribution in [2.75, 3.05) is 11.9 Å². The molecule has 0 aromatic heterocycles. The molecule has 13 heavy (non-hydrogen) atoms. The number of allylic oxidation sites excluding steroid dienone is 1. The highest BCUT2D eigenvalue weighted by Gasteiger charge is 2.04. The van der Waals surface area contributed by atoms with E-state index in [9.17, 15) is 0 Å². The number of nitrogens with zero attached hydrogens (tertiary/aromatic N) is 1. The van der Waals surface area contributed by atoms with Gasteiger partial charge in [-0.1, -0.05) is 29.8 Å². The van der Waals surface area contributed by atoms with Gasteiger partial charge in [-0.2, -0.15) is 0 Å². The summed E-state index contributed by atoms with van der Waals surface area (Å²) < 4.78 is 0. The smallest absolute Gasteiger partial charge is 0.107 e. The topological polar surface area (TPSA) is 3.24 Å². The molecule has 1 rings (SSSR count). The van der Waals surface area contributed by atoms with Crippen molar-refractivity contribution < 1.29 is 0 Å². The van der Waals surface area contributed by atoms with E-state index in [0.717, 1.165) is 16.4 Å². The van der Waals surface area contributed by atoms with Crippen molar-refractivity contribution in [3.05, 3.63) is 41.1 Å². The zero-order valence-corrected chi connectivity index (χ0v) is 8.97. The van der Waals surface area contributed by atoms with Crippen molar-refractivity contribution in [3.63, 3.8) is 0 Å². The summed E-state index contributed by atoms with van der Waals surface area (Å²) in [5, 5.41) is 0.784. The van der Waals surface area contributed by atoms with Crippen LogP contribution in [0.25, 0.3) is 0 Å². The predicted octanol–water partition coefficient (Wildman–Crippen LogP) is 3.61. The summed E-state index contributed by atoms with van der Waals surface area (Å²) in [4.78, 5) is 1.97. The lowest BCUT2D eigenvalue weighted by Gasteiger charge is -2.19. The summed E-state index contributed by atoms with van der Waals surface area (Å²) in [6.45, 7) is 4.00. The Morgan fingerprint density at radius 3 is 2.15 bits per heavy atom. The van der Waals surface area contributed by atoms with Crippen LogP contribution in [0.2, 0.25) is 0 Å². The Kier molecular flexibility index (Phi) is 3.38. The molecule has 0 heterocycles. The lowest BCUT2D eigenvalue weighted by molar-refractivity contribution is 1.13. The zero-order valence-electron chi connectivity index (χ0n) is 8.21. The average molecular weight is 196 g/mol. The van der Waals surface area contributed by atoms with Crippen LogP contribution in [0.15, 0.2) is 41.1 Å². The van der Waals surface area contributed by atoms with E-state index in [1.165, 1.54) is 0 Å². The number of benzene rings is 1. The highest BCUT2D eigenvalue weighted by atomic mass is 35.5. The van der Waals surface area contributed by atoms with E-state index >= 15 is 0 Å². The average Bonchev–Trinajstić information content (AvgIpc) is 2.17. The molecule has 0 aliphatic heterocycles. The molecular weight excluding hydrogens is 182 g/mol. The minimum atomic E-state index is 0.784. The fraction of sp³-hybridized carbons (Fsp3) is 0.273. The molecule has 0 amide bonds. The largest absolute Gasteiger partial charge is 0.335 e. The SMILES string of the molecule is CC(C)=C(Cl)N(C)c1ccccc1. The molecule has 0 saturated carbocycles. The lowest BCUT2D eigenvalue weighted by atomic mass is 10.3. The van der Waals surface area contributed by atoms with Crippen LogP contribution in [-0.2, 0) is 0 Å². The minimum absolute atomic E-state index is 0.784. The lowest BCUT2D eigenvalue weighted by Crippen LogP contribution is -2.13. The number of halogens is 1. The third-order valence-corrected chi connectivity index (χ3v) is 2.48. The number of para-hydroxylation sites is 1. The zero-order chi connectivity index (χ0) is 9.84. The van der Waals surface area contributed by atoms with Gasteiger partial charge in [0, 0.05) is 12.7 Å². The van der Waals surface area contributed by atoms with Crippen LogP contribution >= 0.6 is 11.6 Å². The van der Waals surface area contributed by atoms with Gasteiger partial charge in [0.05, 0.1) is 0 Å². The summed E-state index contributed by atoms with van der Waals surface area (Å²) in [7, 11) is 1.96. The summed E-state index contributed by atoms with van der Waals surface area (Å²) in [5.74, 6) is 0. The summed E-state index contributed by atoms with van der Waals surface area (Å²) in [6, 6.07) is 10.1. The maximum atomic E-state index is 6.11. The van der Waals surface area contributed by atoms with Crippen LogP contribution in [-0.4, -0.2) is 7.05 Å². The highest BCUT2D eigenvalue weighted by molar-refractivity contribution is 6.31. The Labute approximate surface area is 84.6 Å². The van der Waals surface area contributed by atoms with Gasteiger partial charge in [-0.05, 0) is 31.6 Å². The summed E-state index contributed by atoms with van der Waals surface area (Å²) in [6.07, 6.45) is 0. The molecule has 0 N–H and O–H groups in total. The van der Waals surface area contributed by atoms with E-state index in [1.807, 2.05) is 56.1 Å². The molecule has 0 aliphatic rings. The summed E-state index contributed by atoms with van der Waals surface area (Å²) >= 11 is 6.11. The standard InChI is InChI=1S/C11H14ClN/c1-9(2)11(12)13(3)10-7-5-4-6-8-10/h4-8H,1-3H3. The van der Waals surface area contributed by atoms with Gasteiger partial charge < -0.3 is 4.90 Å². The number of hydrogen-bond acceptors (Lipinski definition) is 1. The molecule has 0 aliphatic carbocycles. The van der Waals surface area contributed by atoms with Crippen molar-refractivity contribution in [1.82, 2.24) is 0 Å². The van der Waals surface area contributed by atoms with Crippen LogP contribution in [0.5, 0.6) is 0 Å². The molecule has 1 aromatic rings. The van der Waals surface area contributed by atoms with Gasteiger partial charge in [-0.15, -0.1) is 0 Å². The van der Waals surface area contributed by atoms with E-state index in [1.54, 1.807) is 0 Å². The fourth-order valence-corrected chi connectivity index (χ4v) is 1.20. The van der Waals surface area contributed by atoms with Crippen LogP contribution in [0, 0.1) is 0 Å². The molecule has 1 aromatic carbocycles. The van der Waals surface area contributed by atoms with Gasteiger partial charge in [0.15, 0.2) is 0 Å². The molecule has 0 fully saturated rings. The molecular formula is C11H14ClN. The molecule has 70 valence electrons. The van der Waals surface area contributed by atoms with E-state index in [2.05, 4.69) is 0 Å².